The second kappa shape index (κ2) is 8.41. The molecule has 9 atom stereocenters. The number of aliphatic hydroxyl groups is 1. The smallest absolute Gasteiger partial charge is 0.222 e. The van der Waals surface area contributed by atoms with Gasteiger partial charge in [-0.3, -0.25) is 4.79 Å². The first kappa shape index (κ1) is 22.9. The highest BCUT2D eigenvalue weighted by Crippen LogP contribution is 2.67. The average molecular weight is 443 g/mol. The van der Waals surface area contributed by atoms with Crippen LogP contribution in [0, 0.1) is 40.4 Å². The zero-order valence-corrected chi connectivity index (χ0v) is 20.7. The van der Waals surface area contributed by atoms with Crippen LogP contribution < -0.4 is 5.73 Å². The second-order valence-electron chi connectivity index (χ2n) is 12.8. The van der Waals surface area contributed by atoms with Crippen molar-refractivity contribution in [1.82, 2.24) is 4.90 Å². The zero-order valence-electron chi connectivity index (χ0n) is 20.7. The van der Waals surface area contributed by atoms with Crippen molar-refractivity contribution < 1.29 is 9.90 Å². The van der Waals surface area contributed by atoms with Gasteiger partial charge in [-0.2, -0.15) is 0 Å². The lowest BCUT2D eigenvalue weighted by Crippen LogP contribution is -2.50. The van der Waals surface area contributed by atoms with Gasteiger partial charge in [0, 0.05) is 25.6 Å². The zero-order chi connectivity index (χ0) is 22.7. The first-order valence-corrected chi connectivity index (χ1v) is 13.6. The molecule has 0 radical (unpaired) electrons. The van der Waals surface area contributed by atoms with Crippen molar-refractivity contribution in [3.63, 3.8) is 0 Å². The molecule has 4 heteroatoms. The largest absolute Gasteiger partial charge is 0.393 e. The van der Waals surface area contributed by atoms with Gasteiger partial charge in [0.05, 0.1) is 6.10 Å². The highest BCUT2D eigenvalue weighted by atomic mass is 16.3. The number of nitrogens with two attached hydrogens (primary N) is 1. The molecular formula is C28H46N2O2. The molecule has 5 aliphatic rings. The fraction of sp³-hybridized carbons (Fsp3) is 0.893. The van der Waals surface area contributed by atoms with Gasteiger partial charge >= 0.3 is 0 Å². The van der Waals surface area contributed by atoms with Crippen LogP contribution in [0.15, 0.2) is 11.6 Å². The summed E-state index contributed by atoms with van der Waals surface area (Å²) in [5.41, 5.74) is 8.35. The summed E-state index contributed by atoms with van der Waals surface area (Å²) in [5.74, 6) is 4.17. The topological polar surface area (TPSA) is 66.6 Å². The molecule has 4 aliphatic carbocycles. The van der Waals surface area contributed by atoms with E-state index in [2.05, 4.69) is 26.8 Å². The van der Waals surface area contributed by atoms with E-state index < -0.39 is 0 Å². The minimum Gasteiger partial charge on any atom is -0.393 e. The van der Waals surface area contributed by atoms with Gasteiger partial charge in [0.2, 0.25) is 5.91 Å². The van der Waals surface area contributed by atoms with E-state index in [1.165, 1.54) is 38.5 Å². The van der Waals surface area contributed by atoms with Crippen LogP contribution >= 0.6 is 0 Å². The van der Waals surface area contributed by atoms with Crippen molar-refractivity contribution >= 4 is 5.91 Å². The minimum atomic E-state index is -0.115. The number of aliphatic hydroxyl groups excluding tert-OH is 1. The number of likely N-dealkylation sites (tertiary alicyclic amines) is 1. The highest BCUT2D eigenvalue weighted by molar-refractivity contribution is 5.76. The summed E-state index contributed by atoms with van der Waals surface area (Å²) in [6.07, 6.45) is 14.9. The lowest BCUT2D eigenvalue weighted by Gasteiger charge is -2.58. The number of carbonyl (C=O) groups is 1. The quantitative estimate of drug-likeness (QED) is 0.609. The van der Waals surface area contributed by atoms with Crippen molar-refractivity contribution in [2.24, 2.45) is 46.2 Å². The van der Waals surface area contributed by atoms with E-state index in [-0.39, 0.29) is 12.1 Å². The molecule has 0 bridgehead atoms. The normalized spacial score (nSPS) is 46.8. The van der Waals surface area contributed by atoms with Crippen molar-refractivity contribution in [1.29, 1.82) is 0 Å². The van der Waals surface area contributed by atoms with Crippen LogP contribution in [-0.2, 0) is 4.79 Å². The molecule has 0 spiro atoms. The maximum atomic E-state index is 12.7. The number of rotatable bonds is 4. The Morgan fingerprint density at radius 1 is 1.19 bits per heavy atom. The van der Waals surface area contributed by atoms with Gasteiger partial charge in [0.15, 0.2) is 0 Å². The number of allylic oxidation sites excluding steroid dienone is 1. The average Bonchev–Trinajstić information content (AvgIpc) is 3.35. The molecule has 4 nitrogen and oxygen atoms in total. The summed E-state index contributed by atoms with van der Waals surface area (Å²) in [6, 6.07) is 0.181. The lowest BCUT2D eigenvalue weighted by atomic mass is 9.47. The number of nitrogens with zero attached hydrogens (tertiary/aromatic N) is 1. The van der Waals surface area contributed by atoms with Gasteiger partial charge in [-0.25, -0.2) is 0 Å². The third-order valence-electron chi connectivity index (χ3n) is 11.2. The van der Waals surface area contributed by atoms with Gasteiger partial charge in [-0.15, -0.1) is 0 Å². The monoisotopic (exact) mass is 442 g/mol. The summed E-state index contributed by atoms with van der Waals surface area (Å²) in [7, 11) is 0. The molecule has 0 aromatic carbocycles. The Balaban J connectivity index is 1.25. The maximum Gasteiger partial charge on any atom is 0.222 e. The number of carbonyl (C=O) groups excluding carboxylic acids is 1. The Kier molecular flexibility index (Phi) is 6.02. The van der Waals surface area contributed by atoms with Crippen LogP contribution in [0.3, 0.4) is 0 Å². The maximum absolute atomic E-state index is 12.7. The van der Waals surface area contributed by atoms with E-state index in [0.717, 1.165) is 62.4 Å². The van der Waals surface area contributed by atoms with Crippen LogP contribution in [-0.4, -0.2) is 41.1 Å². The third-order valence-corrected chi connectivity index (χ3v) is 11.2. The molecule has 3 saturated carbocycles. The molecule has 0 aromatic heterocycles. The minimum absolute atomic E-state index is 0.115. The Morgan fingerprint density at radius 2 is 2.00 bits per heavy atom. The van der Waals surface area contributed by atoms with Crippen LogP contribution in [0.2, 0.25) is 0 Å². The summed E-state index contributed by atoms with van der Waals surface area (Å²) >= 11 is 0. The molecule has 0 aromatic rings. The SMILES string of the molecule is C[C@H](CCC(=O)N1CC[C@H](N)C1)[C@H]1CC[C@H]2[C@@H]3CC=C4C[C@@H](O)CC[C@]4(C)[C@H]3CC[C@]12C. The van der Waals surface area contributed by atoms with Gasteiger partial charge in [-0.1, -0.05) is 32.4 Å². The summed E-state index contributed by atoms with van der Waals surface area (Å²) in [6.45, 7) is 9.16. The number of amides is 1. The molecule has 180 valence electrons. The lowest BCUT2D eigenvalue weighted by molar-refractivity contribution is -0.130. The van der Waals surface area contributed by atoms with Crippen LogP contribution in [0.4, 0.5) is 0 Å². The first-order valence-electron chi connectivity index (χ1n) is 13.6. The van der Waals surface area contributed by atoms with Gasteiger partial charge in [-0.05, 0) is 105 Å². The van der Waals surface area contributed by atoms with Crippen molar-refractivity contribution in [3.05, 3.63) is 11.6 Å². The van der Waals surface area contributed by atoms with Gasteiger partial charge in [0.25, 0.3) is 0 Å². The van der Waals surface area contributed by atoms with Crippen LogP contribution in [0.25, 0.3) is 0 Å². The summed E-state index contributed by atoms with van der Waals surface area (Å²) in [5, 5.41) is 10.2. The van der Waals surface area contributed by atoms with E-state index >= 15 is 0 Å². The molecule has 3 N–H and O–H groups in total. The number of hydrogen-bond donors (Lipinski definition) is 2. The van der Waals surface area contributed by atoms with Crippen molar-refractivity contribution in [2.75, 3.05) is 13.1 Å². The highest BCUT2D eigenvalue weighted by Gasteiger charge is 2.59. The van der Waals surface area contributed by atoms with E-state index in [9.17, 15) is 9.90 Å². The summed E-state index contributed by atoms with van der Waals surface area (Å²) in [4.78, 5) is 14.7. The Morgan fingerprint density at radius 3 is 2.75 bits per heavy atom. The molecule has 1 heterocycles. The molecule has 1 amide bonds. The second-order valence-corrected chi connectivity index (χ2v) is 12.8. The predicted molar refractivity (Wildman–Crippen MR) is 129 cm³/mol. The van der Waals surface area contributed by atoms with E-state index in [4.69, 9.17) is 5.73 Å². The summed E-state index contributed by atoms with van der Waals surface area (Å²) < 4.78 is 0. The Bertz CT molecular complexity index is 765. The van der Waals surface area contributed by atoms with Crippen LogP contribution in [0.1, 0.15) is 91.4 Å². The molecular weight excluding hydrogens is 396 g/mol. The molecule has 4 fully saturated rings. The standard InChI is InChI=1S/C28H46N2O2/c1-18(4-9-26(32)30-15-12-20(29)17-30)23-7-8-24-22-6-5-19-16-21(31)10-13-27(19,2)25(22)11-14-28(23,24)3/h5,18,20-25,31H,4,6-17,29H2,1-3H3/t18-,20+,21+,22+,23-,24+,25+,27+,28-/m1/s1. The van der Waals surface area contributed by atoms with Crippen LogP contribution in [0.5, 0.6) is 0 Å². The predicted octanol–water partition coefficient (Wildman–Crippen LogP) is 4.90. The first-order chi connectivity index (χ1) is 15.2. The van der Waals surface area contributed by atoms with Gasteiger partial charge < -0.3 is 15.7 Å². The Hall–Kier alpha value is -0.870. The molecule has 1 aliphatic heterocycles. The molecule has 32 heavy (non-hydrogen) atoms. The number of fused-ring (bicyclic) bond motifs is 5. The van der Waals surface area contributed by atoms with E-state index in [0.29, 0.717) is 29.1 Å². The van der Waals surface area contributed by atoms with Gasteiger partial charge in [0.1, 0.15) is 0 Å². The van der Waals surface area contributed by atoms with E-state index in [1.54, 1.807) is 5.57 Å². The Labute approximate surface area is 195 Å². The molecule has 1 saturated heterocycles. The van der Waals surface area contributed by atoms with E-state index in [1.807, 2.05) is 4.90 Å². The fourth-order valence-corrected chi connectivity index (χ4v) is 9.34. The van der Waals surface area contributed by atoms with Crippen molar-refractivity contribution in [2.45, 2.75) is 104 Å². The molecule has 5 rings (SSSR count). The number of hydrogen-bond acceptors (Lipinski definition) is 3. The molecule has 0 unspecified atom stereocenters. The van der Waals surface area contributed by atoms with Crippen molar-refractivity contribution in [3.8, 4) is 0 Å². The fourth-order valence-electron chi connectivity index (χ4n) is 9.34. The third kappa shape index (κ3) is 3.68.